The van der Waals surface area contributed by atoms with Gasteiger partial charge in [-0.1, -0.05) is 24.9 Å². The van der Waals surface area contributed by atoms with Crippen LogP contribution >= 0.6 is 11.6 Å². The number of carbonyl (C=O) groups excluding carboxylic acids is 1. The molecule has 0 spiro atoms. The van der Waals surface area contributed by atoms with Gasteiger partial charge in [0.1, 0.15) is 12.1 Å². The molecule has 110 valence electrons. The van der Waals surface area contributed by atoms with E-state index in [9.17, 15) is 4.79 Å². The van der Waals surface area contributed by atoms with E-state index in [-0.39, 0.29) is 5.78 Å². The molecule has 0 aliphatic carbocycles. The van der Waals surface area contributed by atoms with Gasteiger partial charge in [-0.3, -0.25) is 4.79 Å². The van der Waals surface area contributed by atoms with Gasteiger partial charge >= 0.3 is 0 Å². The normalized spacial score (nSPS) is 11.9. The van der Waals surface area contributed by atoms with E-state index in [2.05, 4.69) is 16.9 Å². The largest absolute Gasteiger partial charge is 0.482 e. The number of benzene rings is 1. The van der Waals surface area contributed by atoms with Gasteiger partial charge in [0, 0.05) is 17.4 Å². The van der Waals surface area contributed by atoms with Gasteiger partial charge in [-0.05, 0) is 37.1 Å². The van der Waals surface area contributed by atoms with Crippen molar-refractivity contribution in [2.24, 2.45) is 0 Å². The monoisotopic (exact) mass is 304 g/mol. The van der Waals surface area contributed by atoms with Crippen LogP contribution in [-0.4, -0.2) is 21.9 Å². The lowest BCUT2D eigenvalue weighted by atomic mass is 10.0. The number of rotatable bonds is 7. The Morgan fingerprint density at radius 3 is 2.52 bits per heavy atom. The number of carbonyl (C=O) groups is 1. The fourth-order valence-electron chi connectivity index (χ4n) is 1.92. The fourth-order valence-corrected chi connectivity index (χ4v) is 2.05. The maximum atomic E-state index is 12.5. The number of nitrogens with zero attached hydrogens (tertiary/aromatic N) is 2. The molecule has 5 heteroatoms. The lowest BCUT2D eigenvalue weighted by molar-refractivity contribution is 0.0774. The van der Waals surface area contributed by atoms with E-state index >= 15 is 0 Å². The summed E-state index contributed by atoms with van der Waals surface area (Å²) < 4.78 is 5.82. The Bertz CT molecular complexity index is 573. The Hall–Kier alpha value is -1.94. The zero-order valence-corrected chi connectivity index (χ0v) is 12.6. The highest BCUT2D eigenvalue weighted by Gasteiger charge is 2.22. The summed E-state index contributed by atoms with van der Waals surface area (Å²) in [5, 5.41) is 0.634. The van der Waals surface area contributed by atoms with Crippen LogP contribution in [0.4, 0.5) is 0 Å². The highest BCUT2D eigenvalue weighted by molar-refractivity contribution is 6.30. The van der Waals surface area contributed by atoms with E-state index in [1.54, 1.807) is 24.3 Å². The molecule has 1 unspecified atom stereocenters. The van der Waals surface area contributed by atoms with Gasteiger partial charge < -0.3 is 4.74 Å². The highest BCUT2D eigenvalue weighted by atomic mass is 35.5. The molecule has 2 aromatic rings. The molecule has 4 nitrogen and oxygen atoms in total. The highest BCUT2D eigenvalue weighted by Crippen LogP contribution is 2.20. The average Bonchev–Trinajstić information content (AvgIpc) is 2.53. The fraction of sp³-hybridized carbons (Fsp3) is 0.312. The molecule has 1 aromatic carbocycles. The Kier molecular flexibility index (Phi) is 5.69. The molecule has 0 fully saturated rings. The lowest BCUT2D eigenvalue weighted by Gasteiger charge is -2.17. The Morgan fingerprint density at radius 1 is 1.24 bits per heavy atom. The molecular weight excluding hydrogens is 288 g/mol. The van der Waals surface area contributed by atoms with E-state index in [1.165, 1.54) is 18.7 Å². The number of halogens is 1. The van der Waals surface area contributed by atoms with Crippen molar-refractivity contribution in [2.45, 2.75) is 32.3 Å². The van der Waals surface area contributed by atoms with Crippen molar-refractivity contribution in [3.63, 3.8) is 0 Å². The van der Waals surface area contributed by atoms with Gasteiger partial charge in [0.05, 0.1) is 5.56 Å². The molecule has 21 heavy (non-hydrogen) atoms. The minimum atomic E-state index is -0.530. The van der Waals surface area contributed by atoms with Gasteiger partial charge in [-0.15, -0.1) is 0 Å². The molecule has 0 aliphatic rings. The third kappa shape index (κ3) is 4.53. The van der Waals surface area contributed by atoms with Gasteiger partial charge in [-0.25, -0.2) is 9.97 Å². The first-order chi connectivity index (χ1) is 10.2. The average molecular weight is 305 g/mol. The quantitative estimate of drug-likeness (QED) is 0.727. The number of ketones is 1. The van der Waals surface area contributed by atoms with Crippen LogP contribution in [0, 0.1) is 0 Å². The summed E-state index contributed by atoms with van der Waals surface area (Å²) in [5.74, 6) is 0.532. The number of unbranched alkanes of at least 4 members (excludes halogenated alkanes) is 1. The van der Waals surface area contributed by atoms with Crippen molar-refractivity contribution in [2.75, 3.05) is 0 Å². The first-order valence-corrected chi connectivity index (χ1v) is 7.30. The van der Waals surface area contributed by atoms with Crippen LogP contribution < -0.4 is 4.74 Å². The molecule has 1 aromatic heterocycles. The van der Waals surface area contributed by atoms with Crippen molar-refractivity contribution >= 4 is 17.4 Å². The molecule has 0 bridgehead atoms. The summed E-state index contributed by atoms with van der Waals surface area (Å²) in [6.07, 6.45) is 6.47. The summed E-state index contributed by atoms with van der Waals surface area (Å²) in [4.78, 5) is 20.3. The van der Waals surface area contributed by atoms with Crippen LogP contribution in [0.25, 0.3) is 0 Å². The first kappa shape index (κ1) is 15.4. The van der Waals surface area contributed by atoms with E-state index in [0.29, 0.717) is 22.8 Å². The second-order valence-corrected chi connectivity index (χ2v) is 5.13. The maximum absolute atomic E-state index is 12.5. The second-order valence-electron chi connectivity index (χ2n) is 4.69. The Morgan fingerprint density at radius 2 is 1.90 bits per heavy atom. The van der Waals surface area contributed by atoms with Crippen LogP contribution in [0.1, 0.15) is 36.5 Å². The first-order valence-electron chi connectivity index (χ1n) is 6.92. The predicted molar refractivity (Wildman–Crippen MR) is 81.8 cm³/mol. The van der Waals surface area contributed by atoms with Crippen molar-refractivity contribution < 1.29 is 9.53 Å². The topological polar surface area (TPSA) is 52.1 Å². The molecular formula is C16H17ClN2O2. The van der Waals surface area contributed by atoms with Crippen LogP contribution in [0.3, 0.4) is 0 Å². The summed E-state index contributed by atoms with van der Waals surface area (Å²) in [6, 6.07) is 7.00. The Balaban J connectivity index is 2.14. The molecule has 1 heterocycles. The van der Waals surface area contributed by atoms with Gasteiger partial charge in [-0.2, -0.15) is 0 Å². The summed E-state index contributed by atoms with van der Waals surface area (Å²) in [7, 11) is 0. The molecule has 0 radical (unpaired) electrons. The van der Waals surface area contributed by atoms with E-state index < -0.39 is 6.10 Å². The molecule has 0 saturated carbocycles. The lowest BCUT2D eigenvalue weighted by Crippen LogP contribution is -2.27. The SMILES string of the molecule is CCCCC(Oc1ccc(Cl)cc1)C(=O)c1cncnc1. The molecule has 1 atom stereocenters. The van der Waals surface area contributed by atoms with Gasteiger partial charge in [0.2, 0.25) is 5.78 Å². The minimum absolute atomic E-state index is 0.0981. The maximum Gasteiger partial charge on any atom is 0.206 e. The van der Waals surface area contributed by atoms with Gasteiger partial charge in [0.15, 0.2) is 6.10 Å². The summed E-state index contributed by atoms with van der Waals surface area (Å²) in [5.41, 5.74) is 0.465. The third-order valence-corrected chi connectivity index (χ3v) is 3.30. The van der Waals surface area contributed by atoms with Crippen molar-refractivity contribution in [1.82, 2.24) is 9.97 Å². The van der Waals surface area contributed by atoms with Gasteiger partial charge in [0.25, 0.3) is 0 Å². The standard InChI is InChI=1S/C16H17ClN2O2/c1-2-3-4-15(16(20)12-9-18-11-19-10-12)21-14-7-5-13(17)6-8-14/h5-11,15H,2-4H2,1H3. The molecule has 0 aliphatic heterocycles. The van der Waals surface area contributed by atoms with Crippen LogP contribution in [0.15, 0.2) is 43.0 Å². The summed E-state index contributed by atoms with van der Waals surface area (Å²) >= 11 is 5.85. The minimum Gasteiger partial charge on any atom is -0.482 e. The molecule has 0 saturated heterocycles. The molecule has 2 rings (SSSR count). The van der Waals surface area contributed by atoms with Crippen molar-refractivity contribution in [3.05, 3.63) is 53.6 Å². The zero-order valence-electron chi connectivity index (χ0n) is 11.8. The van der Waals surface area contributed by atoms with Crippen LogP contribution in [0.5, 0.6) is 5.75 Å². The number of ether oxygens (including phenoxy) is 1. The third-order valence-electron chi connectivity index (χ3n) is 3.05. The zero-order chi connectivity index (χ0) is 15.1. The number of hydrogen-bond acceptors (Lipinski definition) is 4. The smallest absolute Gasteiger partial charge is 0.206 e. The van der Waals surface area contributed by atoms with E-state index in [1.807, 2.05) is 0 Å². The van der Waals surface area contributed by atoms with E-state index in [0.717, 1.165) is 12.8 Å². The van der Waals surface area contributed by atoms with Crippen molar-refractivity contribution in [1.29, 1.82) is 0 Å². The summed E-state index contributed by atoms with van der Waals surface area (Å²) in [6.45, 7) is 2.08. The number of aromatic nitrogens is 2. The van der Waals surface area contributed by atoms with Crippen LogP contribution in [0.2, 0.25) is 5.02 Å². The number of hydrogen-bond donors (Lipinski definition) is 0. The second kappa shape index (κ2) is 7.74. The predicted octanol–water partition coefficient (Wildman–Crippen LogP) is 3.95. The molecule has 0 N–H and O–H groups in total. The number of Topliss-reactive ketones (excluding diaryl/α,β-unsaturated/α-hetero) is 1. The Labute approximate surface area is 129 Å². The van der Waals surface area contributed by atoms with Crippen LogP contribution in [-0.2, 0) is 0 Å². The van der Waals surface area contributed by atoms with Crippen molar-refractivity contribution in [3.8, 4) is 5.75 Å². The molecule has 0 amide bonds. The van der Waals surface area contributed by atoms with E-state index in [4.69, 9.17) is 16.3 Å².